The van der Waals surface area contributed by atoms with Gasteiger partial charge in [-0.05, 0) is 51.7 Å². The fourth-order valence-corrected chi connectivity index (χ4v) is 2.02. The Morgan fingerprint density at radius 3 is 2.62 bits per heavy atom. The molecule has 21 heavy (non-hydrogen) atoms. The van der Waals surface area contributed by atoms with Gasteiger partial charge in [-0.15, -0.1) is 0 Å². The molecule has 0 bridgehead atoms. The number of nitrogens with zero attached hydrogens (tertiary/aromatic N) is 2. The van der Waals surface area contributed by atoms with Gasteiger partial charge in [0.2, 0.25) is 0 Å². The molecule has 0 atom stereocenters. The van der Waals surface area contributed by atoms with E-state index in [9.17, 15) is 4.79 Å². The van der Waals surface area contributed by atoms with Gasteiger partial charge in [-0.1, -0.05) is 12.1 Å². The molecule has 0 radical (unpaired) electrons. The van der Waals surface area contributed by atoms with E-state index in [1.807, 2.05) is 45.3 Å². The lowest BCUT2D eigenvalue weighted by Crippen LogP contribution is -2.38. The summed E-state index contributed by atoms with van der Waals surface area (Å²) in [5, 5.41) is 2.95. The van der Waals surface area contributed by atoms with Crippen molar-refractivity contribution < 1.29 is 9.53 Å². The SMILES string of the molecule is COCCN(CCCN(C)C)C(=O)Nc1cccc(C)c1. The molecule has 0 unspecified atom stereocenters. The fraction of sp³-hybridized carbons (Fsp3) is 0.562. The van der Waals surface area contributed by atoms with Gasteiger partial charge in [-0.2, -0.15) is 0 Å². The third-order valence-electron chi connectivity index (χ3n) is 3.16. The number of anilines is 1. The first-order valence-corrected chi connectivity index (χ1v) is 7.29. The molecule has 0 aromatic heterocycles. The van der Waals surface area contributed by atoms with Gasteiger partial charge in [0.15, 0.2) is 0 Å². The Morgan fingerprint density at radius 1 is 1.24 bits per heavy atom. The molecule has 0 heterocycles. The summed E-state index contributed by atoms with van der Waals surface area (Å²) in [7, 11) is 5.72. The molecular weight excluding hydrogens is 266 g/mol. The molecule has 1 aromatic rings. The molecule has 5 heteroatoms. The zero-order chi connectivity index (χ0) is 15.7. The molecule has 0 saturated heterocycles. The zero-order valence-corrected chi connectivity index (χ0v) is 13.6. The molecule has 1 N–H and O–H groups in total. The smallest absolute Gasteiger partial charge is 0.321 e. The standard InChI is InChI=1S/C16H27N3O2/c1-14-7-5-8-15(13-14)17-16(20)19(11-12-21-4)10-6-9-18(2)3/h5,7-8,13H,6,9-12H2,1-4H3,(H,17,20). The number of carbonyl (C=O) groups excluding carboxylic acids is 1. The molecule has 0 fully saturated rings. The van der Waals surface area contributed by atoms with Gasteiger partial charge in [-0.25, -0.2) is 4.79 Å². The second kappa shape index (κ2) is 9.37. The highest BCUT2D eigenvalue weighted by Gasteiger charge is 2.13. The monoisotopic (exact) mass is 293 g/mol. The fourth-order valence-electron chi connectivity index (χ4n) is 2.02. The molecule has 0 aliphatic heterocycles. The van der Waals surface area contributed by atoms with Gasteiger partial charge in [0.1, 0.15) is 0 Å². The summed E-state index contributed by atoms with van der Waals surface area (Å²) in [6.07, 6.45) is 0.942. The number of amides is 2. The van der Waals surface area contributed by atoms with Crippen molar-refractivity contribution in [2.45, 2.75) is 13.3 Å². The van der Waals surface area contributed by atoms with E-state index in [0.29, 0.717) is 13.2 Å². The largest absolute Gasteiger partial charge is 0.383 e. The number of carbonyl (C=O) groups is 1. The molecule has 2 amide bonds. The topological polar surface area (TPSA) is 44.8 Å². The van der Waals surface area contributed by atoms with E-state index in [1.165, 1.54) is 0 Å². The Morgan fingerprint density at radius 2 is 2.00 bits per heavy atom. The number of benzene rings is 1. The Kier molecular flexibility index (Phi) is 7.79. The lowest BCUT2D eigenvalue weighted by molar-refractivity contribution is 0.153. The summed E-state index contributed by atoms with van der Waals surface area (Å²) in [4.78, 5) is 16.3. The van der Waals surface area contributed by atoms with Gasteiger partial charge >= 0.3 is 6.03 Å². The van der Waals surface area contributed by atoms with Crippen molar-refractivity contribution in [2.75, 3.05) is 52.8 Å². The van der Waals surface area contributed by atoms with Crippen LogP contribution in [0.1, 0.15) is 12.0 Å². The minimum atomic E-state index is -0.0728. The summed E-state index contributed by atoms with van der Waals surface area (Å²) in [6.45, 7) is 4.83. The summed E-state index contributed by atoms with van der Waals surface area (Å²) in [6, 6.07) is 7.74. The summed E-state index contributed by atoms with van der Waals surface area (Å²) in [5.74, 6) is 0. The van der Waals surface area contributed by atoms with Crippen LogP contribution in [0, 0.1) is 6.92 Å². The highest BCUT2D eigenvalue weighted by atomic mass is 16.5. The molecule has 0 aliphatic rings. The molecule has 1 aromatic carbocycles. The number of urea groups is 1. The van der Waals surface area contributed by atoms with E-state index in [4.69, 9.17) is 4.74 Å². The van der Waals surface area contributed by atoms with Crippen molar-refractivity contribution in [2.24, 2.45) is 0 Å². The van der Waals surface area contributed by atoms with Crippen LogP contribution in [0.5, 0.6) is 0 Å². The van der Waals surface area contributed by atoms with Crippen LogP contribution in [0.4, 0.5) is 10.5 Å². The van der Waals surface area contributed by atoms with Crippen LogP contribution in [0.2, 0.25) is 0 Å². The zero-order valence-electron chi connectivity index (χ0n) is 13.6. The van der Waals surface area contributed by atoms with E-state index in [1.54, 1.807) is 12.0 Å². The number of ether oxygens (including phenoxy) is 1. The third-order valence-corrected chi connectivity index (χ3v) is 3.16. The van der Waals surface area contributed by atoms with Crippen LogP contribution in [0.3, 0.4) is 0 Å². The molecule has 5 nitrogen and oxygen atoms in total. The first-order chi connectivity index (χ1) is 10.0. The van der Waals surface area contributed by atoms with Crippen molar-refractivity contribution >= 4 is 11.7 Å². The number of rotatable bonds is 8. The van der Waals surface area contributed by atoms with Crippen molar-refractivity contribution in [3.63, 3.8) is 0 Å². The predicted molar refractivity (Wildman–Crippen MR) is 86.8 cm³/mol. The van der Waals surface area contributed by atoms with Gasteiger partial charge in [0.05, 0.1) is 6.61 Å². The van der Waals surface area contributed by atoms with Crippen molar-refractivity contribution in [3.8, 4) is 0 Å². The van der Waals surface area contributed by atoms with E-state index >= 15 is 0 Å². The van der Waals surface area contributed by atoms with Gasteiger partial charge in [-0.3, -0.25) is 0 Å². The van der Waals surface area contributed by atoms with Crippen molar-refractivity contribution in [1.82, 2.24) is 9.80 Å². The Bertz CT molecular complexity index is 435. The molecule has 0 saturated carbocycles. The summed E-state index contributed by atoms with van der Waals surface area (Å²) in [5.41, 5.74) is 1.96. The van der Waals surface area contributed by atoms with Crippen LogP contribution < -0.4 is 5.32 Å². The lowest BCUT2D eigenvalue weighted by Gasteiger charge is -2.23. The number of nitrogens with one attached hydrogen (secondary N) is 1. The average molecular weight is 293 g/mol. The Hall–Kier alpha value is -1.59. The highest BCUT2D eigenvalue weighted by Crippen LogP contribution is 2.10. The molecule has 0 spiro atoms. The van der Waals surface area contributed by atoms with Gasteiger partial charge < -0.3 is 19.9 Å². The quantitative estimate of drug-likeness (QED) is 0.800. The first-order valence-electron chi connectivity index (χ1n) is 7.29. The van der Waals surface area contributed by atoms with Crippen LogP contribution in [0.15, 0.2) is 24.3 Å². The normalized spacial score (nSPS) is 10.7. The summed E-state index contributed by atoms with van der Waals surface area (Å²) >= 11 is 0. The lowest BCUT2D eigenvalue weighted by atomic mass is 10.2. The minimum absolute atomic E-state index is 0.0728. The second-order valence-corrected chi connectivity index (χ2v) is 5.44. The van der Waals surface area contributed by atoms with Crippen molar-refractivity contribution in [3.05, 3.63) is 29.8 Å². The molecular formula is C16H27N3O2. The average Bonchev–Trinajstić information content (AvgIpc) is 2.42. The van der Waals surface area contributed by atoms with E-state index in [0.717, 1.165) is 30.8 Å². The number of hydrogen-bond acceptors (Lipinski definition) is 3. The van der Waals surface area contributed by atoms with E-state index in [2.05, 4.69) is 10.2 Å². The molecule has 118 valence electrons. The number of aryl methyl sites for hydroxylation is 1. The highest BCUT2D eigenvalue weighted by molar-refractivity contribution is 5.89. The van der Waals surface area contributed by atoms with Crippen LogP contribution >= 0.6 is 0 Å². The number of methoxy groups -OCH3 is 1. The van der Waals surface area contributed by atoms with Crippen LogP contribution in [0.25, 0.3) is 0 Å². The molecule has 0 aliphatic carbocycles. The maximum atomic E-state index is 12.4. The van der Waals surface area contributed by atoms with E-state index in [-0.39, 0.29) is 6.03 Å². The maximum Gasteiger partial charge on any atom is 0.321 e. The maximum absolute atomic E-state index is 12.4. The second-order valence-electron chi connectivity index (χ2n) is 5.44. The predicted octanol–water partition coefficient (Wildman–Crippen LogP) is 2.43. The van der Waals surface area contributed by atoms with Gasteiger partial charge in [0.25, 0.3) is 0 Å². The Labute approximate surface area is 127 Å². The van der Waals surface area contributed by atoms with Gasteiger partial charge in [0, 0.05) is 25.9 Å². The van der Waals surface area contributed by atoms with Crippen LogP contribution in [-0.2, 0) is 4.74 Å². The third kappa shape index (κ3) is 7.11. The summed E-state index contributed by atoms with van der Waals surface area (Å²) < 4.78 is 5.09. The van der Waals surface area contributed by atoms with E-state index < -0.39 is 0 Å². The van der Waals surface area contributed by atoms with Crippen LogP contribution in [-0.4, -0.2) is 63.3 Å². The minimum Gasteiger partial charge on any atom is -0.383 e. The number of hydrogen-bond donors (Lipinski definition) is 1. The first kappa shape index (κ1) is 17.5. The Balaban J connectivity index is 2.57. The molecule has 1 rings (SSSR count). The van der Waals surface area contributed by atoms with Crippen molar-refractivity contribution in [1.29, 1.82) is 0 Å².